The maximum atomic E-state index is 14.2. The van der Waals surface area contributed by atoms with Gasteiger partial charge in [0.15, 0.2) is 21.1 Å². The molecule has 0 saturated heterocycles. The molecule has 74 heavy (non-hydrogen) atoms. The van der Waals surface area contributed by atoms with Crippen LogP contribution in [0.15, 0.2) is 122 Å². The van der Waals surface area contributed by atoms with E-state index in [1.165, 1.54) is 5.56 Å². The number of hydrogen-bond donors (Lipinski definition) is 0. The maximum Gasteiger partial charge on any atom is 0.416 e. The van der Waals surface area contributed by atoms with Crippen LogP contribution in [0.2, 0.25) is 0 Å². The summed E-state index contributed by atoms with van der Waals surface area (Å²) < 4.78 is 342. The number of hydrogen-bond acceptors (Lipinski definition) is 1. The Kier molecular flexibility index (Phi) is 16.6. The topological polar surface area (TPSA) is 16.8 Å². The van der Waals surface area contributed by atoms with Crippen molar-refractivity contribution in [2.24, 2.45) is 0 Å². The van der Waals surface area contributed by atoms with Crippen molar-refractivity contribution in [3.05, 3.63) is 177 Å². The monoisotopic (exact) mass is 1280 g/mol. The molecule has 0 atom stereocenters. The predicted molar refractivity (Wildman–Crippen MR) is 229 cm³/mol. The third kappa shape index (κ3) is 14.3. The molecule has 2 nitrogen and oxygen atoms in total. The second kappa shape index (κ2) is 20.5. The minimum Gasteiger partial charge on any atom is -0.245 e. The third-order valence-corrected chi connectivity index (χ3v) is 11.9. The van der Waals surface area contributed by atoms with Crippen LogP contribution >= 0.6 is 47.8 Å². The van der Waals surface area contributed by atoms with Gasteiger partial charge < -0.3 is 0 Å². The lowest BCUT2D eigenvalue weighted by Gasteiger charge is -2.46. The van der Waals surface area contributed by atoms with Crippen molar-refractivity contribution in [3.8, 4) is 0 Å². The molecule has 0 bridgehead atoms. The minimum atomic E-state index is -6.13. The van der Waals surface area contributed by atoms with E-state index in [9.17, 15) is 105 Å². The molecule has 1 aromatic heterocycles. The fraction of sp³-hybridized carbons (Fsp3) is 0.227. The Bertz CT molecular complexity index is 2530. The number of benzene rings is 5. The largest absolute Gasteiger partial charge is 0.416 e. The van der Waals surface area contributed by atoms with E-state index in [2.05, 4.69) is 69.5 Å². The highest BCUT2D eigenvalue weighted by atomic mass is 80.0. The molecular formula is C44H22BBr3F24N2. The van der Waals surface area contributed by atoms with E-state index >= 15 is 0 Å². The van der Waals surface area contributed by atoms with Gasteiger partial charge in [-0.2, -0.15) is 132 Å². The van der Waals surface area contributed by atoms with Crippen LogP contribution in [0.25, 0.3) is 0 Å². The average Bonchev–Trinajstić information content (AvgIpc) is 3.24. The lowest BCUT2D eigenvalue weighted by Crippen LogP contribution is -2.75. The lowest BCUT2D eigenvalue weighted by molar-refractivity contribution is -0.689. The number of halogens is 27. The molecule has 0 spiro atoms. The zero-order chi connectivity index (χ0) is 56.2. The van der Waals surface area contributed by atoms with Crippen LogP contribution in [0.3, 0.4) is 0 Å². The standard InChI is InChI=1S/C32H12BF24.C12H10Br3N2/c34-25(35,36)13-1-14(26(37,38)39)6-21(5-13)33(22-7-15(27(40,41)42)2-16(8-22)28(43,44)45,23-9-17(29(46,47)48)3-18(10-23)30(49,50)51)24-11-19(31(52,53)54)4-20(12-24)32(55,56)57;13-12(14,15)11-9-17(7-6-16-11)8-10-4-2-1-3-5-10/h1-12H;1-7,9H,8H2/q-1;+1. The highest BCUT2D eigenvalue weighted by molar-refractivity contribution is 9.38. The molecule has 0 amide bonds. The molecule has 0 fully saturated rings. The summed E-state index contributed by atoms with van der Waals surface area (Å²) in [4.78, 5) is 4.29. The predicted octanol–water partition coefficient (Wildman–Crippen LogP) is 14.9. The van der Waals surface area contributed by atoms with Gasteiger partial charge in [-0.3, -0.25) is 0 Å². The van der Waals surface area contributed by atoms with Crippen LogP contribution in [0.4, 0.5) is 105 Å². The molecule has 0 N–H and O–H groups in total. The van der Waals surface area contributed by atoms with Gasteiger partial charge in [-0.1, -0.05) is 127 Å². The number of rotatable bonds is 6. The molecule has 0 unspecified atom stereocenters. The molecule has 1 heterocycles. The van der Waals surface area contributed by atoms with Crippen molar-refractivity contribution >= 4 is 75.8 Å². The summed E-state index contributed by atoms with van der Waals surface area (Å²) in [6, 6.07) is 1.51. The maximum absolute atomic E-state index is 14.2. The second-order valence-corrected chi connectivity index (χ2v) is 22.6. The second-order valence-electron chi connectivity index (χ2n) is 15.8. The van der Waals surface area contributed by atoms with Crippen molar-refractivity contribution in [2.45, 2.75) is 58.1 Å². The van der Waals surface area contributed by atoms with E-state index in [0.29, 0.717) is 0 Å². The van der Waals surface area contributed by atoms with Crippen molar-refractivity contribution in [1.82, 2.24) is 4.98 Å². The fourth-order valence-electron chi connectivity index (χ4n) is 7.54. The highest BCUT2D eigenvalue weighted by Gasteiger charge is 2.47. The molecular weight excluding hydrogens is 1260 g/mol. The van der Waals surface area contributed by atoms with E-state index in [-0.39, 0.29) is 0 Å². The Hall–Kier alpha value is -5.00. The van der Waals surface area contributed by atoms with Gasteiger partial charge in [0.05, 0.1) is 50.7 Å². The third-order valence-electron chi connectivity index (χ3n) is 10.7. The van der Waals surface area contributed by atoms with Gasteiger partial charge >= 0.3 is 49.4 Å². The van der Waals surface area contributed by atoms with Gasteiger partial charge in [-0.05, 0) is 24.3 Å². The normalized spacial score (nSPS) is 13.7. The summed E-state index contributed by atoms with van der Waals surface area (Å²) in [5, 5.41) is 0. The smallest absolute Gasteiger partial charge is 0.245 e. The quantitative estimate of drug-likeness (QED) is 0.0703. The van der Waals surface area contributed by atoms with Crippen LogP contribution in [-0.4, -0.2) is 11.1 Å². The highest BCUT2D eigenvalue weighted by Crippen LogP contribution is 2.44. The van der Waals surface area contributed by atoms with Crippen LogP contribution in [0.5, 0.6) is 0 Å². The van der Waals surface area contributed by atoms with Crippen LogP contribution in [0.1, 0.15) is 55.8 Å². The van der Waals surface area contributed by atoms with Gasteiger partial charge in [0.2, 0.25) is 0 Å². The Morgan fingerprint density at radius 2 is 0.608 bits per heavy atom. The van der Waals surface area contributed by atoms with Gasteiger partial charge in [0.25, 0.3) is 0 Å². The lowest BCUT2D eigenvalue weighted by atomic mass is 9.12. The van der Waals surface area contributed by atoms with Gasteiger partial charge in [-0.25, -0.2) is 4.98 Å². The van der Waals surface area contributed by atoms with E-state index in [4.69, 9.17) is 0 Å². The van der Waals surface area contributed by atoms with Crippen molar-refractivity contribution in [3.63, 3.8) is 0 Å². The molecule has 6 aromatic rings. The first-order valence-corrected chi connectivity index (χ1v) is 22.0. The molecule has 0 aliphatic rings. The van der Waals surface area contributed by atoms with Crippen LogP contribution in [-0.2, 0) is 58.1 Å². The first-order valence-electron chi connectivity index (χ1n) is 19.6. The average molecular weight is 1290 g/mol. The first-order chi connectivity index (χ1) is 33.3. The van der Waals surface area contributed by atoms with Gasteiger partial charge in [-0.15, -0.1) is 0 Å². The number of nitrogens with zero attached hydrogens (tertiary/aromatic N) is 2. The Morgan fingerprint density at radius 1 is 0.365 bits per heavy atom. The number of aromatic nitrogens is 2. The zero-order valence-corrected chi connectivity index (χ0v) is 40.2. The summed E-state index contributed by atoms with van der Waals surface area (Å²) in [5.41, 5.74) is -28.1. The van der Waals surface area contributed by atoms with Crippen molar-refractivity contribution < 1.29 is 110 Å². The summed E-state index contributed by atoms with van der Waals surface area (Å²) >= 11 is 10.4. The van der Waals surface area contributed by atoms with Crippen molar-refractivity contribution in [1.29, 1.82) is 0 Å². The molecule has 400 valence electrons. The van der Waals surface area contributed by atoms with E-state index < -0.39 is 197 Å². The van der Waals surface area contributed by atoms with E-state index in [1.807, 2.05) is 30.6 Å². The molecule has 6 rings (SSSR count). The molecule has 0 radical (unpaired) electrons. The van der Waals surface area contributed by atoms with Crippen LogP contribution in [0, 0.1) is 0 Å². The Morgan fingerprint density at radius 3 is 0.824 bits per heavy atom. The Balaban J connectivity index is 0.000000500. The molecule has 5 aromatic carbocycles. The minimum absolute atomic E-state index is 0.466. The zero-order valence-electron chi connectivity index (χ0n) is 35.4. The first kappa shape index (κ1) is 59.9. The fourth-order valence-corrected chi connectivity index (χ4v) is 8.16. The summed E-state index contributed by atoms with van der Waals surface area (Å²) in [6.45, 7) is 0.833. The SMILES string of the molecule is BrC(Br)(Br)c1c[n+](Cc2ccccc2)ccn1.FC(F)(F)c1cc([B-](c2cc(C(F)(F)F)cc(C(F)(F)F)c2)(c2cc(C(F)(F)F)cc(C(F)(F)F)c2)c2cc(C(F)(F)F)cc(C(F)(F)F)c2)cc(C(F)(F)F)c1. The molecule has 0 aliphatic heterocycles. The molecule has 30 heteroatoms. The molecule has 0 saturated carbocycles. The Labute approximate surface area is 424 Å². The summed E-state index contributed by atoms with van der Waals surface area (Å²) in [6.07, 6.45) is -49.1. The van der Waals surface area contributed by atoms with Crippen LogP contribution < -0.4 is 26.4 Å². The summed E-state index contributed by atoms with van der Waals surface area (Å²) in [7, 11) is 0. The molecule has 0 aliphatic carbocycles. The van der Waals surface area contributed by atoms with Gasteiger partial charge in [0.1, 0.15) is 11.8 Å². The summed E-state index contributed by atoms with van der Waals surface area (Å²) in [5.74, 6) is 0. The van der Waals surface area contributed by atoms with Gasteiger partial charge in [0, 0.05) is 5.56 Å². The number of alkyl halides is 27. The van der Waals surface area contributed by atoms with E-state index in [0.717, 1.165) is 12.2 Å². The van der Waals surface area contributed by atoms with Crippen molar-refractivity contribution in [2.75, 3.05) is 0 Å². The van der Waals surface area contributed by atoms with E-state index in [1.54, 1.807) is 6.20 Å².